The van der Waals surface area contributed by atoms with Gasteiger partial charge >= 0.3 is 0 Å². The van der Waals surface area contributed by atoms with Gasteiger partial charge in [0, 0.05) is 104 Å². The van der Waals surface area contributed by atoms with Crippen LogP contribution in [0.25, 0.3) is 187 Å². The van der Waals surface area contributed by atoms with Crippen molar-refractivity contribution in [1.82, 2.24) is 9.13 Å². The largest absolute Gasteiger partial charge is 0.455 e. The van der Waals surface area contributed by atoms with E-state index in [-0.39, 0.29) is 0 Å². The van der Waals surface area contributed by atoms with Crippen molar-refractivity contribution in [2.45, 2.75) is 11.0 Å². The highest BCUT2D eigenvalue weighted by Gasteiger charge is 2.54. The maximum absolute atomic E-state index is 13.9. The number of aliphatic hydroxyl groups is 1. The lowest BCUT2D eigenvalue weighted by molar-refractivity contribution is 0.131. The number of nitrogens with zero attached hydrogens (tertiary/aromatic N) is 2. The van der Waals surface area contributed by atoms with E-state index < -0.39 is 11.0 Å². The van der Waals surface area contributed by atoms with Gasteiger partial charge in [-0.2, -0.15) is 0 Å². The number of rotatable bonds is 2. The van der Waals surface area contributed by atoms with E-state index in [1.54, 1.807) is 0 Å². The molecule has 0 amide bonds. The predicted molar refractivity (Wildman–Crippen MR) is 436 cm³/mol. The summed E-state index contributed by atoms with van der Waals surface area (Å²) in [7, 11) is 0. The zero-order valence-electron chi connectivity index (χ0n) is 55.1. The molecule has 105 heavy (non-hydrogen) atoms. The zero-order valence-corrected chi connectivity index (χ0v) is 59.8. The van der Waals surface area contributed by atoms with Gasteiger partial charge in [-0.05, 0) is 167 Å². The molecule has 0 saturated heterocycles. The van der Waals surface area contributed by atoms with E-state index in [0.717, 1.165) is 179 Å². The highest BCUT2D eigenvalue weighted by molar-refractivity contribution is 9.11. The molecule has 11 heteroatoms. The number of benzene rings is 16. The predicted octanol–water partition coefficient (Wildman–Crippen LogP) is 27.2. The van der Waals surface area contributed by atoms with E-state index >= 15 is 0 Å². The van der Waals surface area contributed by atoms with E-state index in [2.05, 4.69) is 259 Å². The number of halogens is 4. The van der Waals surface area contributed by atoms with Crippen molar-refractivity contribution in [2.24, 2.45) is 0 Å². The standard InChI is InChI=1S/C47H25BrClNO3.C47H23BrClNO2/c48-34-23-32-43(42-29-15-5-10-20-39(29)52-45(34)42)44-33(24-35(49)41-30-21-25-11-1-2-12-26(25)22-40(30)53-46(41)44)47(32,51)31-16-6-9-19-38(31)50-36-17-7-3-13-27(36)28-14-4-8-18-37(28)50;48-34-22-32-42(41-28-13-4-8-19-38(28)51-45(34)41)43-33(23-35(49)40-29-20-24-10-1-2-11-25(24)21-39(29)52-46(40)43)47(32)30-15-5-7-18-37(30)50-36-17-6-3-12-26(36)27-14-9-16-31(47)44(27)50/h1-24,51H;1-23H. The Morgan fingerprint density at radius 2 is 0.667 bits per heavy atom. The summed E-state index contributed by atoms with van der Waals surface area (Å²) < 4.78 is 33.6. The third kappa shape index (κ3) is 7.39. The Balaban J connectivity index is 0.000000125. The number of para-hydroxylation sites is 8. The first kappa shape index (κ1) is 58.8. The minimum absolute atomic E-state index is 0.515. The number of hydrogen-bond acceptors (Lipinski definition) is 5. The van der Waals surface area contributed by atoms with Gasteiger partial charge in [-0.25, -0.2) is 0 Å². The molecular formula is C94H48Br2Cl2N2O5. The molecule has 22 aromatic rings. The van der Waals surface area contributed by atoms with Gasteiger partial charge in [-0.15, -0.1) is 0 Å². The van der Waals surface area contributed by atoms with Crippen molar-refractivity contribution in [3.63, 3.8) is 0 Å². The number of hydrogen-bond donors (Lipinski definition) is 1. The van der Waals surface area contributed by atoms with Gasteiger partial charge in [-0.1, -0.05) is 217 Å². The first-order valence-corrected chi connectivity index (χ1v) is 37.4. The van der Waals surface area contributed by atoms with E-state index in [1.807, 2.05) is 66.7 Å². The van der Waals surface area contributed by atoms with E-state index in [1.165, 1.54) is 38.5 Å². The first-order chi connectivity index (χ1) is 51.6. The molecule has 7 nitrogen and oxygen atoms in total. The van der Waals surface area contributed by atoms with Crippen molar-refractivity contribution in [3.05, 3.63) is 343 Å². The average Bonchev–Trinajstić information content (AvgIpc) is 1.65. The average molecular weight is 1520 g/mol. The summed E-state index contributed by atoms with van der Waals surface area (Å²) in [5, 5.41) is 32.0. The second-order valence-electron chi connectivity index (χ2n) is 28.2. The Morgan fingerprint density at radius 3 is 1.24 bits per heavy atom. The second-order valence-corrected chi connectivity index (χ2v) is 30.7. The van der Waals surface area contributed by atoms with Gasteiger partial charge in [0.2, 0.25) is 0 Å². The fraction of sp³-hybridized carbons (Fsp3) is 0.0213. The summed E-state index contributed by atoms with van der Waals surface area (Å²) in [5.74, 6) is 0. The molecule has 0 radical (unpaired) electrons. The minimum Gasteiger partial charge on any atom is -0.455 e. The number of aromatic nitrogens is 2. The van der Waals surface area contributed by atoms with Gasteiger partial charge < -0.3 is 31.9 Å². The van der Waals surface area contributed by atoms with E-state index in [0.29, 0.717) is 26.8 Å². The molecule has 6 aromatic heterocycles. The minimum atomic E-state index is -1.65. The van der Waals surface area contributed by atoms with Gasteiger partial charge in [0.05, 0.1) is 57.8 Å². The molecule has 7 heterocycles. The zero-order chi connectivity index (χ0) is 69.2. The molecule has 3 aliphatic rings. The van der Waals surface area contributed by atoms with Crippen LogP contribution in [0.2, 0.25) is 10.0 Å². The molecule has 2 unspecified atom stereocenters. The molecule has 0 fully saturated rings. The Morgan fingerprint density at radius 1 is 0.286 bits per heavy atom. The van der Waals surface area contributed by atoms with Crippen LogP contribution in [0.15, 0.2) is 312 Å². The maximum atomic E-state index is 13.9. The van der Waals surface area contributed by atoms with Crippen LogP contribution in [-0.2, 0) is 11.0 Å². The monoisotopic (exact) mass is 1510 g/mol. The second kappa shape index (κ2) is 20.8. The summed E-state index contributed by atoms with van der Waals surface area (Å²) in [6.45, 7) is 0. The number of furan rings is 4. The molecule has 2 atom stereocenters. The summed E-state index contributed by atoms with van der Waals surface area (Å²) in [4.78, 5) is 0. The first-order valence-electron chi connectivity index (χ1n) is 35.0. The van der Waals surface area contributed by atoms with Crippen LogP contribution in [0.4, 0.5) is 0 Å². The maximum Gasteiger partial charge on any atom is 0.150 e. The SMILES string of the molecule is Clc1cc2c(c3oc4cc5ccccc5cc4c13)-c1c(cc(Br)c3oc4ccccc4c13)C21c2ccccc2-n2c3ccccc3c3cccc1c32.OC1(c2ccccc2-n2c3ccccc3c3ccccc32)c2cc(Cl)c3c(oc4cc5ccccc5cc43)c2-c2c1cc(Br)c1oc3ccccc3c21. The van der Waals surface area contributed by atoms with Crippen LogP contribution < -0.4 is 0 Å². The molecule has 1 aliphatic heterocycles. The summed E-state index contributed by atoms with van der Waals surface area (Å²) >= 11 is 22.9. The summed E-state index contributed by atoms with van der Waals surface area (Å²) in [6, 6.07) is 99.7. The molecule has 2 aliphatic carbocycles. The van der Waals surface area contributed by atoms with Crippen LogP contribution in [0.3, 0.4) is 0 Å². The van der Waals surface area contributed by atoms with Gasteiger partial charge in [0.1, 0.15) is 50.3 Å². The topological polar surface area (TPSA) is 82.6 Å². The Labute approximate surface area is 622 Å². The Kier molecular flexibility index (Phi) is 11.7. The summed E-state index contributed by atoms with van der Waals surface area (Å²) in [6.07, 6.45) is 0. The Bertz CT molecular complexity index is 7730. The molecule has 16 aromatic carbocycles. The van der Waals surface area contributed by atoms with E-state index in [9.17, 15) is 5.11 Å². The Hall–Kier alpha value is -11.7. The van der Waals surface area contributed by atoms with Gasteiger partial charge in [-0.3, -0.25) is 0 Å². The van der Waals surface area contributed by atoms with Gasteiger partial charge in [0.15, 0.2) is 0 Å². The lowest BCUT2D eigenvalue weighted by Gasteiger charge is -2.39. The van der Waals surface area contributed by atoms with Crippen molar-refractivity contribution < 1.29 is 22.8 Å². The molecule has 0 saturated carbocycles. The van der Waals surface area contributed by atoms with Crippen LogP contribution in [0.5, 0.6) is 0 Å². The van der Waals surface area contributed by atoms with Crippen molar-refractivity contribution in [1.29, 1.82) is 0 Å². The quantitative estimate of drug-likeness (QED) is 0.186. The van der Waals surface area contributed by atoms with Crippen LogP contribution in [0, 0.1) is 0 Å². The lowest BCUT2D eigenvalue weighted by atomic mass is 9.65. The highest BCUT2D eigenvalue weighted by atomic mass is 79.9. The highest BCUT2D eigenvalue weighted by Crippen LogP contribution is 2.67. The normalized spacial score (nSPS) is 15.7. The molecular weight excluding hydrogens is 1470 g/mol. The fourth-order valence-electron chi connectivity index (χ4n) is 19.1. The molecule has 0 bridgehead atoms. The van der Waals surface area contributed by atoms with Gasteiger partial charge in [0.25, 0.3) is 0 Å². The molecule has 1 spiro atoms. The van der Waals surface area contributed by atoms with Crippen LogP contribution in [-0.4, -0.2) is 14.2 Å². The van der Waals surface area contributed by atoms with E-state index in [4.69, 9.17) is 40.9 Å². The number of fused-ring (bicyclic) bond motifs is 36. The van der Waals surface area contributed by atoms with Crippen molar-refractivity contribution >= 4 is 208 Å². The third-order valence-corrected chi connectivity index (χ3v) is 25.0. The third-order valence-electron chi connectivity index (χ3n) is 23.2. The molecule has 25 rings (SSSR count). The van der Waals surface area contributed by atoms with Crippen molar-refractivity contribution in [2.75, 3.05) is 0 Å². The van der Waals surface area contributed by atoms with Crippen molar-refractivity contribution in [3.8, 4) is 33.6 Å². The molecule has 492 valence electrons. The van der Waals surface area contributed by atoms with Crippen LogP contribution >= 0.6 is 55.1 Å². The van der Waals surface area contributed by atoms with Crippen LogP contribution in [0.1, 0.15) is 38.9 Å². The summed E-state index contributed by atoms with van der Waals surface area (Å²) in [5.41, 5.74) is 21.0. The molecule has 1 N–H and O–H groups in total. The lowest BCUT2D eigenvalue weighted by Crippen LogP contribution is -2.33. The fourth-order valence-corrected chi connectivity index (χ4v) is 20.7. The smallest absolute Gasteiger partial charge is 0.150 e.